The Morgan fingerprint density at radius 2 is 1.74 bits per heavy atom. The third-order valence-electron chi connectivity index (χ3n) is 5.97. The first-order valence-electron chi connectivity index (χ1n) is 10.6. The molecule has 0 bridgehead atoms. The largest absolute Gasteiger partial charge is 0.459 e. The number of hydrogen-bond acceptors (Lipinski definition) is 5. The van der Waals surface area contributed by atoms with E-state index in [1.165, 1.54) is 22.2 Å². The number of furan rings is 1. The summed E-state index contributed by atoms with van der Waals surface area (Å²) in [5, 5.41) is 2.62. The molecule has 0 saturated carbocycles. The lowest BCUT2D eigenvalue weighted by Gasteiger charge is -2.35. The van der Waals surface area contributed by atoms with Crippen LogP contribution in [-0.2, 0) is 27.7 Å². The Morgan fingerprint density at radius 1 is 1.03 bits per heavy atom. The first-order valence-corrected chi connectivity index (χ1v) is 12.1. The summed E-state index contributed by atoms with van der Waals surface area (Å²) in [5.41, 5.74) is 2.37. The monoisotopic (exact) mass is 445 g/mol. The maximum absolute atomic E-state index is 13.1. The standard InChI is InChI=1S/C22H27N3O5S/c1-16(23-21(26)20-7-4-14-30-20)22(27)24-10-12-25(13-11-24)31(28,29)19-9-8-17-5-2-3-6-18(17)15-19/h4,7-9,14-16H,2-3,5-6,10-13H2,1H3,(H,23,26). The van der Waals surface area contributed by atoms with E-state index in [-0.39, 0.29) is 37.8 Å². The highest BCUT2D eigenvalue weighted by atomic mass is 32.2. The van der Waals surface area contributed by atoms with Crippen LogP contribution in [0, 0.1) is 0 Å². The molecule has 4 rings (SSSR count). The molecular formula is C22H27N3O5S. The van der Waals surface area contributed by atoms with Gasteiger partial charge in [0.05, 0.1) is 11.2 Å². The summed E-state index contributed by atoms with van der Waals surface area (Å²) in [4.78, 5) is 26.7. The zero-order valence-corrected chi connectivity index (χ0v) is 18.4. The molecule has 2 heterocycles. The van der Waals surface area contributed by atoms with Gasteiger partial charge in [0.1, 0.15) is 6.04 Å². The van der Waals surface area contributed by atoms with Gasteiger partial charge in [-0.25, -0.2) is 8.42 Å². The van der Waals surface area contributed by atoms with E-state index in [1.807, 2.05) is 12.1 Å². The number of fused-ring (bicyclic) bond motifs is 1. The van der Waals surface area contributed by atoms with Crippen LogP contribution in [0.15, 0.2) is 45.9 Å². The van der Waals surface area contributed by atoms with Gasteiger partial charge in [-0.3, -0.25) is 9.59 Å². The van der Waals surface area contributed by atoms with E-state index in [2.05, 4.69) is 5.32 Å². The van der Waals surface area contributed by atoms with E-state index in [0.717, 1.165) is 31.2 Å². The van der Waals surface area contributed by atoms with Crippen LogP contribution in [0.3, 0.4) is 0 Å². The molecule has 0 spiro atoms. The third kappa shape index (κ3) is 4.52. The molecule has 1 fully saturated rings. The Balaban J connectivity index is 1.36. The molecule has 1 aliphatic heterocycles. The van der Waals surface area contributed by atoms with Crippen LogP contribution >= 0.6 is 0 Å². The molecule has 1 aliphatic carbocycles. The number of piperazine rings is 1. The molecule has 31 heavy (non-hydrogen) atoms. The molecule has 1 aromatic carbocycles. The second-order valence-corrected chi connectivity index (χ2v) is 9.98. The minimum atomic E-state index is -3.60. The van der Waals surface area contributed by atoms with E-state index < -0.39 is 22.0 Å². The van der Waals surface area contributed by atoms with Crippen molar-refractivity contribution in [2.45, 2.75) is 43.5 Å². The highest BCUT2D eigenvalue weighted by Gasteiger charge is 2.32. The smallest absolute Gasteiger partial charge is 0.287 e. The van der Waals surface area contributed by atoms with Gasteiger partial charge in [0.2, 0.25) is 15.9 Å². The van der Waals surface area contributed by atoms with E-state index in [0.29, 0.717) is 4.90 Å². The van der Waals surface area contributed by atoms with E-state index in [9.17, 15) is 18.0 Å². The van der Waals surface area contributed by atoms with Crippen molar-refractivity contribution in [2.24, 2.45) is 0 Å². The SMILES string of the molecule is CC(NC(=O)c1ccco1)C(=O)N1CCN(S(=O)(=O)c2ccc3c(c2)CCCC3)CC1. The molecule has 0 radical (unpaired) electrons. The third-order valence-corrected chi connectivity index (χ3v) is 7.87. The zero-order chi connectivity index (χ0) is 22.0. The first-order chi connectivity index (χ1) is 14.9. The number of amides is 2. The van der Waals surface area contributed by atoms with Gasteiger partial charge in [0.25, 0.3) is 5.91 Å². The fraction of sp³-hybridized carbons (Fsp3) is 0.455. The quantitative estimate of drug-likeness (QED) is 0.757. The highest BCUT2D eigenvalue weighted by Crippen LogP contribution is 2.26. The van der Waals surface area contributed by atoms with Crippen molar-refractivity contribution in [1.82, 2.24) is 14.5 Å². The topological polar surface area (TPSA) is 99.9 Å². The average Bonchev–Trinajstić information content (AvgIpc) is 3.33. The lowest BCUT2D eigenvalue weighted by atomic mass is 9.92. The summed E-state index contributed by atoms with van der Waals surface area (Å²) in [6.07, 6.45) is 5.55. The van der Waals surface area contributed by atoms with Crippen molar-refractivity contribution in [2.75, 3.05) is 26.2 Å². The fourth-order valence-corrected chi connectivity index (χ4v) is 5.65. The van der Waals surface area contributed by atoms with Gasteiger partial charge in [-0.1, -0.05) is 6.07 Å². The predicted molar refractivity (Wildman–Crippen MR) is 114 cm³/mol. The molecule has 1 atom stereocenters. The summed E-state index contributed by atoms with van der Waals surface area (Å²) in [6, 6.07) is 7.84. The summed E-state index contributed by atoms with van der Waals surface area (Å²) in [7, 11) is -3.60. The van der Waals surface area contributed by atoms with E-state index in [1.54, 1.807) is 24.0 Å². The van der Waals surface area contributed by atoms with Gasteiger partial charge in [-0.15, -0.1) is 0 Å². The molecule has 2 aromatic rings. The maximum atomic E-state index is 13.1. The fourth-order valence-electron chi connectivity index (χ4n) is 4.18. The van der Waals surface area contributed by atoms with Crippen LogP contribution in [0.1, 0.15) is 41.4 Å². The van der Waals surface area contributed by atoms with Gasteiger partial charge < -0.3 is 14.6 Å². The number of sulfonamides is 1. The molecule has 1 saturated heterocycles. The van der Waals surface area contributed by atoms with Gasteiger partial charge in [0.15, 0.2) is 5.76 Å². The maximum Gasteiger partial charge on any atom is 0.287 e. The Kier molecular flexibility index (Phi) is 6.15. The highest BCUT2D eigenvalue weighted by molar-refractivity contribution is 7.89. The lowest BCUT2D eigenvalue weighted by Crippen LogP contribution is -2.55. The van der Waals surface area contributed by atoms with Crippen molar-refractivity contribution in [3.63, 3.8) is 0 Å². The molecule has 2 aliphatic rings. The lowest BCUT2D eigenvalue weighted by molar-refractivity contribution is -0.134. The Morgan fingerprint density at radius 3 is 2.42 bits per heavy atom. The molecule has 9 heteroatoms. The van der Waals surface area contributed by atoms with Crippen molar-refractivity contribution >= 4 is 21.8 Å². The summed E-state index contributed by atoms with van der Waals surface area (Å²) >= 11 is 0. The van der Waals surface area contributed by atoms with Crippen LogP contribution in [0.2, 0.25) is 0 Å². The molecule has 1 aromatic heterocycles. The van der Waals surface area contributed by atoms with Crippen LogP contribution in [-0.4, -0.2) is 61.7 Å². The number of aryl methyl sites for hydroxylation is 2. The predicted octanol–water partition coefficient (Wildman–Crippen LogP) is 1.81. The second-order valence-electron chi connectivity index (χ2n) is 8.04. The van der Waals surface area contributed by atoms with Gasteiger partial charge in [-0.2, -0.15) is 4.31 Å². The molecule has 8 nitrogen and oxygen atoms in total. The molecule has 1 N–H and O–H groups in total. The first kappa shape index (κ1) is 21.6. The number of hydrogen-bond donors (Lipinski definition) is 1. The van der Waals surface area contributed by atoms with Crippen LogP contribution in [0.25, 0.3) is 0 Å². The average molecular weight is 446 g/mol. The van der Waals surface area contributed by atoms with Gasteiger partial charge in [0, 0.05) is 26.2 Å². The number of benzene rings is 1. The van der Waals surface area contributed by atoms with Crippen LogP contribution in [0.5, 0.6) is 0 Å². The normalized spacial score (nSPS) is 18.3. The van der Waals surface area contributed by atoms with Crippen molar-refractivity contribution in [3.8, 4) is 0 Å². The molecule has 1 unspecified atom stereocenters. The van der Waals surface area contributed by atoms with Gasteiger partial charge >= 0.3 is 0 Å². The Hall–Kier alpha value is -2.65. The van der Waals surface area contributed by atoms with Gasteiger partial charge in [-0.05, 0) is 68.0 Å². The Labute approximate surface area is 182 Å². The summed E-state index contributed by atoms with van der Waals surface area (Å²) in [6.45, 7) is 2.63. The minimum absolute atomic E-state index is 0.139. The number of rotatable bonds is 5. The number of nitrogens with zero attached hydrogens (tertiary/aromatic N) is 2. The number of carbonyl (C=O) groups is 2. The summed E-state index contributed by atoms with van der Waals surface area (Å²) in [5.74, 6) is -0.564. The number of nitrogens with one attached hydrogen (secondary N) is 1. The van der Waals surface area contributed by atoms with Crippen LogP contribution < -0.4 is 5.32 Å². The van der Waals surface area contributed by atoms with E-state index in [4.69, 9.17) is 4.42 Å². The molecule has 2 amide bonds. The van der Waals surface area contributed by atoms with Crippen molar-refractivity contribution in [1.29, 1.82) is 0 Å². The molecule has 166 valence electrons. The summed E-state index contributed by atoms with van der Waals surface area (Å²) < 4.78 is 32.7. The Bertz CT molecular complexity index is 1060. The van der Waals surface area contributed by atoms with Crippen LogP contribution in [0.4, 0.5) is 0 Å². The van der Waals surface area contributed by atoms with E-state index >= 15 is 0 Å². The second kappa shape index (κ2) is 8.84. The van der Waals surface area contributed by atoms with Crippen molar-refractivity contribution < 1.29 is 22.4 Å². The molecular weight excluding hydrogens is 418 g/mol. The minimum Gasteiger partial charge on any atom is -0.459 e. The van der Waals surface area contributed by atoms with Crippen molar-refractivity contribution in [3.05, 3.63) is 53.5 Å². The number of carbonyl (C=O) groups excluding carboxylic acids is 2. The zero-order valence-electron chi connectivity index (χ0n) is 17.5.